The Balaban J connectivity index is 2.70. The van der Waals surface area contributed by atoms with Crippen molar-refractivity contribution in [2.45, 2.75) is 46.6 Å². The highest BCUT2D eigenvalue weighted by Gasteiger charge is 2.26. The summed E-state index contributed by atoms with van der Waals surface area (Å²) in [5.41, 5.74) is 0.558. The van der Waals surface area contributed by atoms with E-state index in [4.69, 9.17) is 23.8 Å². The van der Waals surface area contributed by atoms with Crippen LogP contribution in [0.1, 0.15) is 41.0 Å². The van der Waals surface area contributed by atoms with Crippen LogP contribution in [0.5, 0.6) is 5.75 Å². The van der Waals surface area contributed by atoms with Crippen molar-refractivity contribution in [1.82, 2.24) is 5.32 Å². The minimum absolute atomic E-state index is 0.118. The molecule has 0 aliphatic rings. The van der Waals surface area contributed by atoms with Crippen molar-refractivity contribution in [3.63, 3.8) is 0 Å². The number of phenolic OH excluding ortho intramolecular Hbond substituents is 1. The Morgan fingerprint density at radius 1 is 1.25 bits per heavy atom. The van der Waals surface area contributed by atoms with Crippen molar-refractivity contribution >= 4 is 34.6 Å². The second kappa shape index (κ2) is 6.19. The third kappa shape index (κ3) is 5.97. The molecule has 0 saturated carbocycles. The van der Waals surface area contributed by atoms with Crippen molar-refractivity contribution < 1.29 is 5.11 Å². The maximum atomic E-state index is 9.76. The van der Waals surface area contributed by atoms with Crippen LogP contribution in [0.3, 0.4) is 0 Å². The fourth-order valence-corrected chi connectivity index (χ4v) is 3.00. The van der Waals surface area contributed by atoms with Crippen LogP contribution in [0.25, 0.3) is 0 Å². The van der Waals surface area contributed by atoms with E-state index in [-0.39, 0.29) is 16.7 Å². The van der Waals surface area contributed by atoms with Crippen molar-refractivity contribution in [3.05, 3.63) is 23.2 Å². The first kappa shape index (κ1) is 17.1. The van der Waals surface area contributed by atoms with Crippen LogP contribution in [0.15, 0.2) is 18.2 Å². The molecule has 0 unspecified atom stereocenters. The molecule has 0 aromatic heterocycles. The van der Waals surface area contributed by atoms with Crippen LogP contribution in [0.4, 0.5) is 5.69 Å². The van der Waals surface area contributed by atoms with Gasteiger partial charge in [0.25, 0.3) is 0 Å². The summed E-state index contributed by atoms with van der Waals surface area (Å²) >= 11 is 11.2. The first-order valence-corrected chi connectivity index (χ1v) is 7.35. The van der Waals surface area contributed by atoms with Crippen LogP contribution in [0, 0.1) is 5.41 Å². The zero-order chi connectivity index (χ0) is 15.6. The van der Waals surface area contributed by atoms with Gasteiger partial charge in [0.1, 0.15) is 5.75 Å². The van der Waals surface area contributed by atoms with Gasteiger partial charge >= 0.3 is 0 Å². The van der Waals surface area contributed by atoms with E-state index in [1.165, 1.54) is 6.07 Å². The predicted octanol–water partition coefficient (Wildman–Crippen LogP) is 4.55. The van der Waals surface area contributed by atoms with E-state index in [0.29, 0.717) is 15.8 Å². The van der Waals surface area contributed by atoms with Crippen LogP contribution in [-0.4, -0.2) is 15.8 Å². The molecule has 0 bridgehead atoms. The average Bonchev–Trinajstić information content (AvgIpc) is 2.18. The van der Waals surface area contributed by atoms with E-state index < -0.39 is 0 Å². The minimum Gasteiger partial charge on any atom is -0.506 e. The molecule has 0 fully saturated rings. The number of rotatable bonds is 3. The van der Waals surface area contributed by atoms with Gasteiger partial charge in [-0.1, -0.05) is 32.4 Å². The smallest absolute Gasteiger partial charge is 0.171 e. The Bertz CT molecular complexity index is 495. The van der Waals surface area contributed by atoms with Crippen LogP contribution in [-0.2, 0) is 0 Å². The Kier molecular flexibility index (Phi) is 5.27. The van der Waals surface area contributed by atoms with E-state index in [0.717, 1.165) is 6.42 Å². The molecule has 3 N–H and O–H groups in total. The van der Waals surface area contributed by atoms with Crippen LogP contribution >= 0.6 is 23.8 Å². The van der Waals surface area contributed by atoms with Gasteiger partial charge in [-0.3, -0.25) is 0 Å². The minimum atomic E-state index is -0.142. The Morgan fingerprint density at radius 2 is 1.85 bits per heavy atom. The summed E-state index contributed by atoms with van der Waals surface area (Å²) in [4.78, 5) is 0. The van der Waals surface area contributed by atoms with E-state index in [1.807, 2.05) is 0 Å². The number of phenols is 1. The Hall–Kier alpha value is -1.00. The first-order chi connectivity index (χ1) is 8.98. The summed E-state index contributed by atoms with van der Waals surface area (Å²) in [6.07, 6.45) is 0.962. The standard InChI is InChI=1S/C15H23ClN2OS/c1-14(2,3)9-15(4,5)18-13(20)17-11-8-10(16)6-7-12(11)19/h6-8,19H,9H2,1-5H3,(H2,17,18,20). The molecule has 0 amide bonds. The van der Waals surface area contributed by atoms with Crippen molar-refractivity contribution in [2.75, 3.05) is 5.32 Å². The number of hydrogen-bond acceptors (Lipinski definition) is 2. The molecule has 1 aromatic rings. The number of aromatic hydroxyl groups is 1. The lowest BCUT2D eigenvalue weighted by Crippen LogP contribution is -2.47. The first-order valence-electron chi connectivity index (χ1n) is 6.56. The van der Waals surface area contributed by atoms with Crippen molar-refractivity contribution in [1.29, 1.82) is 0 Å². The van der Waals surface area contributed by atoms with Crippen molar-refractivity contribution in [3.8, 4) is 5.75 Å². The molecular formula is C15H23ClN2OS. The summed E-state index contributed by atoms with van der Waals surface area (Å²) < 4.78 is 0. The normalized spacial score (nSPS) is 12.1. The van der Waals surface area contributed by atoms with Gasteiger partial charge in [0.2, 0.25) is 0 Å². The fraction of sp³-hybridized carbons (Fsp3) is 0.533. The lowest BCUT2D eigenvalue weighted by Gasteiger charge is -2.34. The lowest BCUT2D eigenvalue weighted by atomic mass is 9.82. The highest BCUT2D eigenvalue weighted by molar-refractivity contribution is 7.80. The highest BCUT2D eigenvalue weighted by atomic mass is 35.5. The molecular weight excluding hydrogens is 292 g/mol. The molecule has 0 saturated heterocycles. The number of nitrogens with one attached hydrogen (secondary N) is 2. The molecule has 0 atom stereocenters. The molecule has 0 aliphatic heterocycles. The van der Waals surface area contributed by atoms with E-state index >= 15 is 0 Å². The molecule has 5 heteroatoms. The SMILES string of the molecule is CC(C)(C)CC(C)(C)NC(=S)Nc1cc(Cl)ccc1O. The summed E-state index contributed by atoms with van der Waals surface area (Å²) in [6.45, 7) is 10.8. The molecule has 0 heterocycles. The number of benzene rings is 1. The zero-order valence-electron chi connectivity index (χ0n) is 12.7. The van der Waals surface area contributed by atoms with Crippen LogP contribution in [0.2, 0.25) is 5.02 Å². The molecule has 0 aliphatic carbocycles. The maximum absolute atomic E-state index is 9.76. The second-order valence-corrected chi connectivity index (χ2v) is 7.71. The Labute approximate surface area is 131 Å². The number of thiocarbonyl (C=S) groups is 1. The number of anilines is 1. The average molecular weight is 315 g/mol. The van der Waals surface area contributed by atoms with Gasteiger partial charge in [0.05, 0.1) is 5.69 Å². The second-order valence-electron chi connectivity index (χ2n) is 6.86. The molecule has 1 aromatic carbocycles. The Morgan fingerprint density at radius 3 is 2.40 bits per heavy atom. The number of halogens is 1. The molecule has 20 heavy (non-hydrogen) atoms. The van der Waals surface area contributed by atoms with Crippen molar-refractivity contribution in [2.24, 2.45) is 5.41 Å². The van der Waals surface area contributed by atoms with E-state index in [2.05, 4.69) is 45.3 Å². The number of hydrogen-bond donors (Lipinski definition) is 3. The van der Waals surface area contributed by atoms with Gasteiger partial charge in [-0.25, -0.2) is 0 Å². The lowest BCUT2D eigenvalue weighted by molar-refractivity contribution is 0.268. The molecule has 3 nitrogen and oxygen atoms in total. The van der Waals surface area contributed by atoms with Gasteiger partial charge in [0, 0.05) is 10.6 Å². The van der Waals surface area contributed by atoms with Crippen LogP contribution < -0.4 is 10.6 Å². The van der Waals surface area contributed by atoms with Gasteiger partial charge < -0.3 is 15.7 Å². The largest absolute Gasteiger partial charge is 0.506 e. The zero-order valence-corrected chi connectivity index (χ0v) is 14.2. The summed E-state index contributed by atoms with van der Waals surface area (Å²) in [5, 5.41) is 17.0. The van der Waals surface area contributed by atoms with E-state index in [9.17, 15) is 5.11 Å². The molecule has 1 rings (SSSR count). The van der Waals surface area contributed by atoms with Gasteiger partial charge in [-0.05, 0) is 56.1 Å². The van der Waals surface area contributed by atoms with E-state index in [1.54, 1.807) is 12.1 Å². The monoisotopic (exact) mass is 314 g/mol. The van der Waals surface area contributed by atoms with Gasteiger partial charge in [-0.15, -0.1) is 0 Å². The summed E-state index contributed by atoms with van der Waals surface area (Å²) in [7, 11) is 0. The quantitative estimate of drug-likeness (QED) is 0.566. The molecule has 0 spiro atoms. The van der Waals surface area contributed by atoms with Gasteiger partial charge in [-0.2, -0.15) is 0 Å². The molecule has 112 valence electrons. The maximum Gasteiger partial charge on any atom is 0.171 e. The third-order valence-corrected chi connectivity index (χ3v) is 3.07. The third-order valence-electron chi connectivity index (χ3n) is 2.63. The molecule has 0 radical (unpaired) electrons. The van der Waals surface area contributed by atoms with Gasteiger partial charge in [0.15, 0.2) is 5.11 Å². The topological polar surface area (TPSA) is 44.3 Å². The fourth-order valence-electron chi connectivity index (χ4n) is 2.44. The summed E-state index contributed by atoms with van der Waals surface area (Å²) in [6, 6.07) is 4.80. The predicted molar refractivity (Wildman–Crippen MR) is 90.6 cm³/mol. The highest BCUT2D eigenvalue weighted by Crippen LogP contribution is 2.28. The summed E-state index contributed by atoms with van der Waals surface area (Å²) in [5.74, 6) is 0.118.